The Morgan fingerprint density at radius 3 is 2.35 bits per heavy atom. The highest BCUT2D eigenvalue weighted by molar-refractivity contribution is 7.89. The Labute approximate surface area is 154 Å². The van der Waals surface area contributed by atoms with E-state index in [9.17, 15) is 18.0 Å². The number of rotatable bonds is 9. The maximum atomic E-state index is 12.1. The van der Waals surface area contributed by atoms with E-state index in [1.54, 1.807) is 0 Å². The lowest BCUT2D eigenvalue weighted by Crippen LogP contribution is -2.46. The van der Waals surface area contributed by atoms with E-state index in [1.165, 1.54) is 24.3 Å². The van der Waals surface area contributed by atoms with E-state index in [-0.39, 0.29) is 17.4 Å². The molecule has 0 unspecified atom stereocenters. The molecule has 144 valence electrons. The van der Waals surface area contributed by atoms with Gasteiger partial charge in [0.1, 0.15) is 0 Å². The highest BCUT2D eigenvalue weighted by Gasteiger charge is 2.24. The normalized spacial score (nSPS) is 15.5. The molecule has 0 aromatic heterocycles. The van der Waals surface area contributed by atoms with Crippen LogP contribution >= 0.6 is 0 Å². The standard InChI is InChI=1S/C17H26N4O4S/c1-11(2)16(18)17(23)19-10-15(22)21-13-5-7-14(8-6-13)26(24,25)20-9-12-3-4-12/h5-8,11-12,16,20H,3-4,9-10,18H2,1-2H3,(H,19,23)(H,21,22)/t16-/m0/s1. The molecule has 0 heterocycles. The van der Waals surface area contributed by atoms with Gasteiger partial charge in [0.2, 0.25) is 21.8 Å². The third-order valence-electron chi connectivity index (χ3n) is 4.15. The first-order chi connectivity index (χ1) is 12.2. The topological polar surface area (TPSA) is 130 Å². The van der Waals surface area contributed by atoms with Gasteiger partial charge < -0.3 is 16.4 Å². The summed E-state index contributed by atoms with van der Waals surface area (Å²) in [5.41, 5.74) is 6.14. The number of nitrogens with two attached hydrogens (primary N) is 1. The van der Waals surface area contributed by atoms with Gasteiger partial charge in [0, 0.05) is 12.2 Å². The quantitative estimate of drug-likeness (QED) is 0.491. The Morgan fingerprint density at radius 1 is 1.19 bits per heavy atom. The van der Waals surface area contributed by atoms with Gasteiger partial charge in [0.15, 0.2) is 0 Å². The van der Waals surface area contributed by atoms with Crippen LogP contribution in [-0.2, 0) is 19.6 Å². The monoisotopic (exact) mass is 382 g/mol. The smallest absolute Gasteiger partial charge is 0.243 e. The Kier molecular flexibility index (Phi) is 6.74. The van der Waals surface area contributed by atoms with Gasteiger partial charge in [0.25, 0.3) is 0 Å². The summed E-state index contributed by atoms with van der Waals surface area (Å²) in [6, 6.07) is 5.20. The molecule has 0 bridgehead atoms. The number of anilines is 1. The highest BCUT2D eigenvalue weighted by atomic mass is 32.2. The Balaban J connectivity index is 1.84. The number of carbonyl (C=O) groups is 2. The number of carbonyl (C=O) groups excluding carboxylic acids is 2. The number of hydrogen-bond donors (Lipinski definition) is 4. The van der Waals surface area contributed by atoms with E-state index in [2.05, 4.69) is 15.4 Å². The van der Waals surface area contributed by atoms with Crippen molar-refractivity contribution in [1.29, 1.82) is 0 Å². The highest BCUT2D eigenvalue weighted by Crippen LogP contribution is 2.28. The molecule has 0 saturated heterocycles. The second kappa shape index (κ2) is 8.61. The fourth-order valence-electron chi connectivity index (χ4n) is 2.14. The van der Waals surface area contributed by atoms with Crippen molar-refractivity contribution in [1.82, 2.24) is 10.0 Å². The molecule has 1 aromatic carbocycles. The molecule has 0 aliphatic heterocycles. The Hall–Kier alpha value is -1.97. The second-order valence-electron chi connectivity index (χ2n) is 6.86. The van der Waals surface area contributed by atoms with Crippen LogP contribution in [-0.4, -0.2) is 39.4 Å². The van der Waals surface area contributed by atoms with Crippen molar-refractivity contribution in [3.63, 3.8) is 0 Å². The van der Waals surface area contributed by atoms with Crippen LogP contribution in [0.2, 0.25) is 0 Å². The largest absolute Gasteiger partial charge is 0.346 e. The second-order valence-corrected chi connectivity index (χ2v) is 8.62. The summed E-state index contributed by atoms with van der Waals surface area (Å²) in [6.45, 7) is 3.89. The summed E-state index contributed by atoms with van der Waals surface area (Å²) < 4.78 is 26.8. The van der Waals surface area contributed by atoms with Crippen molar-refractivity contribution in [2.45, 2.75) is 37.6 Å². The molecule has 5 N–H and O–H groups in total. The first-order valence-corrected chi connectivity index (χ1v) is 10.1. The molecule has 9 heteroatoms. The molecular formula is C17H26N4O4S. The van der Waals surface area contributed by atoms with Crippen LogP contribution in [0, 0.1) is 11.8 Å². The molecule has 1 aliphatic rings. The van der Waals surface area contributed by atoms with Gasteiger partial charge in [0.05, 0.1) is 17.5 Å². The average Bonchev–Trinajstić information content (AvgIpc) is 3.42. The molecule has 2 amide bonds. The minimum absolute atomic E-state index is 0.0268. The molecule has 1 fully saturated rings. The fourth-order valence-corrected chi connectivity index (χ4v) is 3.26. The summed E-state index contributed by atoms with van der Waals surface area (Å²) >= 11 is 0. The summed E-state index contributed by atoms with van der Waals surface area (Å²) in [4.78, 5) is 23.7. The minimum Gasteiger partial charge on any atom is -0.346 e. The summed E-state index contributed by atoms with van der Waals surface area (Å²) in [5.74, 6) is -0.390. The van der Waals surface area contributed by atoms with Crippen LogP contribution in [0.5, 0.6) is 0 Å². The maximum Gasteiger partial charge on any atom is 0.243 e. The first kappa shape index (κ1) is 20.3. The molecule has 2 rings (SSSR count). The predicted molar refractivity (Wildman–Crippen MR) is 98.8 cm³/mol. The number of sulfonamides is 1. The first-order valence-electron chi connectivity index (χ1n) is 8.62. The van der Waals surface area contributed by atoms with Gasteiger partial charge in [-0.3, -0.25) is 9.59 Å². The van der Waals surface area contributed by atoms with Crippen molar-refractivity contribution < 1.29 is 18.0 Å². The summed E-state index contributed by atoms with van der Waals surface area (Å²) in [5, 5.41) is 5.07. The maximum absolute atomic E-state index is 12.1. The van der Waals surface area contributed by atoms with E-state index in [0.717, 1.165) is 12.8 Å². The summed E-state index contributed by atoms with van der Waals surface area (Å²) in [7, 11) is -3.53. The minimum atomic E-state index is -3.53. The molecule has 26 heavy (non-hydrogen) atoms. The number of nitrogens with one attached hydrogen (secondary N) is 3. The van der Waals surface area contributed by atoms with E-state index in [4.69, 9.17) is 5.73 Å². The van der Waals surface area contributed by atoms with Crippen molar-refractivity contribution in [2.24, 2.45) is 17.6 Å². The van der Waals surface area contributed by atoms with Crippen molar-refractivity contribution in [3.05, 3.63) is 24.3 Å². The zero-order chi connectivity index (χ0) is 19.3. The number of amides is 2. The average molecular weight is 382 g/mol. The van der Waals surface area contributed by atoms with Crippen LogP contribution in [0.1, 0.15) is 26.7 Å². The van der Waals surface area contributed by atoms with E-state index < -0.39 is 27.9 Å². The third-order valence-corrected chi connectivity index (χ3v) is 5.59. The predicted octanol–water partition coefficient (Wildman–Crippen LogP) is 0.413. The molecule has 0 spiro atoms. The van der Waals surface area contributed by atoms with E-state index in [0.29, 0.717) is 18.2 Å². The third kappa shape index (κ3) is 6.08. The number of benzene rings is 1. The summed E-state index contributed by atoms with van der Waals surface area (Å²) in [6.07, 6.45) is 2.12. The van der Waals surface area contributed by atoms with Crippen LogP contribution < -0.4 is 21.1 Å². The molecule has 1 aliphatic carbocycles. The van der Waals surface area contributed by atoms with Crippen LogP contribution in [0.4, 0.5) is 5.69 Å². The van der Waals surface area contributed by atoms with Crippen molar-refractivity contribution in [3.8, 4) is 0 Å². The Bertz CT molecular complexity index is 743. The molecule has 8 nitrogen and oxygen atoms in total. The van der Waals surface area contributed by atoms with Gasteiger partial charge in [-0.25, -0.2) is 13.1 Å². The number of hydrogen-bond acceptors (Lipinski definition) is 5. The zero-order valence-corrected chi connectivity index (χ0v) is 15.8. The van der Waals surface area contributed by atoms with E-state index in [1.807, 2.05) is 13.8 Å². The van der Waals surface area contributed by atoms with Crippen LogP contribution in [0.25, 0.3) is 0 Å². The zero-order valence-electron chi connectivity index (χ0n) is 15.0. The Morgan fingerprint density at radius 2 is 1.81 bits per heavy atom. The molecule has 1 saturated carbocycles. The molecule has 1 aromatic rings. The van der Waals surface area contributed by atoms with Gasteiger partial charge in [-0.05, 0) is 48.9 Å². The fraction of sp³-hybridized carbons (Fsp3) is 0.529. The SMILES string of the molecule is CC(C)[C@H](N)C(=O)NCC(=O)Nc1ccc(S(=O)(=O)NCC2CC2)cc1. The van der Waals surface area contributed by atoms with Crippen LogP contribution in [0.15, 0.2) is 29.2 Å². The van der Waals surface area contributed by atoms with Crippen LogP contribution in [0.3, 0.4) is 0 Å². The lowest BCUT2D eigenvalue weighted by Gasteiger charge is -2.15. The van der Waals surface area contributed by atoms with Gasteiger partial charge in [-0.1, -0.05) is 13.8 Å². The van der Waals surface area contributed by atoms with Crippen molar-refractivity contribution in [2.75, 3.05) is 18.4 Å². The molecule has 1 atom stereocenters. The van der Waals surface area contributed by atoms with Gasteiger partial charge >= 0.3 is 0 Å². The lowest BCUT2D eigenvalue weighted by atomic mass is 10.1. The van der Waals surface area contributed by atoms with Gasteiger partial charge in [-0.15, -0.1) is 0 Å². The van der Waals surface area contributed by atoms with Gasteiger partial charge in [-0.2, -0.15) is 0 Å². The van der Waals surface area contributed by atoms with Crippen molar-refractivity contribution >= 4 is 27.5 Å². The lowest BCUT2D eigenvalue weighted by molar-refractivity contribution is -0.125. The molecule has 0 radical (unpaired) electrons. The molecular weight excluding hydrogens is 356 g/mol. The van der Waals surface area contributed by atoms with E-state index >= 15 is 0 Å².